The monoisotopic (exact) mass is 500 g/mol. The highest BCUT2D eigenvalue weighted by atomic mass is 19.4. The Hall–Kier alpha value is -4.08. The molecule has 7 nitrogen and oxygen atoms in total. The molecule has 0 atom stereocenters. The van der Waals surface area contributed by atoms with Crippen LogP contribution in [0.25, 0.3) is 0 Å². The van der Waals surface area contributed by atoms with Crippen LogP contribution in [0.5, 0.6) is 0 Å². The molecule has 0 heterocycles. The van der Waals surface area contributed by atoms with Gasteiger partial charge in [0.15, 0.2) is 0 Å². The predicted octanol–water partition coefficient (Wildman–Crippen LogP) is 6.50. The topological polar surface area (TPSA) is 87.5 Å². The number of nitrogens with one attached hydrogen (secondary N) is 2. The van der Waals surface area contributed by atoms with E-state index in [2.05, 4.69) is 28.5 Å². The van der Waals surface area contributed by atoms with Crippen LogP contribution < -0.4 is 15.5 Å². The summed E-state index contributed by atoms with van der Waals surface area (Å²) in [6, 6.07) is 16.2. The molecule has 10 heteroatoms. The first-order chi connectivity index (χ1) is 17.1. The number of nitro groups is 1. The Kier molecular flexibility index (Phi) is 8.52. The van der Waals surface area contributed by atoms with Gasteiger partial charge in [-0.15, -0.1) is 0 Å². The molecule has 2 N–H and O–H groups in total. The minimum atomic E-state index is -4.48. The maximum atomic E-state index is 12.7. The lowest BCUT2D eigenvalue weighted by molar-refractivity contribution is -0.384. The number of halogens is 3. The summed E-state index contributed by atoms with van der Waals surface area (Å²) >= 11 is 0. The van der Waals surface area contributed by atoms with E-state index in [9.17, 15) is 28.1 Å². The fraction of sp³-hybridized carbons (Fsp3) is 0.269. The number of carbonyl (C=O) groups is 1. The molecule has 1 amide bonds. The molecule has 0 aliphatic rings. The standard InChI is InChI=1S/C26H27F3N4O3/c1-3-32(22-7-4-6-18(2)16-22)15-5-14-30-23-13-8-19(17-24(23)33(35)36)25(34)31-21-11-9-20(10-12-21)26(27,28)29/h4,6-13,16-17,30H,3,5,14-15H2,1-2H3,(H,31,34). The van der Waals surface area contributed by atoms with Crippen LogP contribution in [0.15, 0.2) is 66.7 Å². The van der Waals surface area contributed by atoms with E-state index in [0.29, 0.717) is 6.54 Å². The number of aryl methyl sites for hydroxylation is 1. The summed E-state index contributed by atoms with van der Waals surface area (Å²) in [5, 5.41) is 17.1. The van der Waals surface area contributed by atoms with E-state index in [-0.39, 0.29) is 22.6 Å². The molecule has 3 aromatic rings. The van der Waals surface area contributed by atoms with Crippen molar-refractivity contribution in [2.75, 3.05) is 35.2 Å². The summed E-state index contributed by atoms with van der Waals surface area (Å²) in [6.07, 6.45) is -3.75. The van der Waals surface area contributed by atoms with E-state index in [1.807, 2.05) is 25.1 Å². The van der Waals surface area contributed by atoms with Crippen molar-refractivity contribution in [2.24, 2.45) is 0 Å². The molecule has 36 heavy (non-hydrogen) atoms. The molecule has 0 aliphatic heterocycles. The number of alkyl halides is 3. The minimum Gasteiger partial charge on any atom is -0.379 e. The smallest absolute Gasteiger partial charge is 0.379 e. The Morgan fingerprint density at radius 3 is 2.39 bits per heavy atom. The molecule has 0 spiro atoms. The lowest BCUT2D eigenvalue weighted by Gasteiger charge is -2.23. The maximum absolute atomic E-state index is 12.7. The summed E-state index contributed by atoms with van der Waals surface area (Å²) < 4.78 is 38.1. The lowest BCUT2D eigenvalue weighted by Crippen LogP contribution is -2.25. The second kappa shape index (κ2) is 11.6. The first-order valence-corrected chi connectivity index (χ1v) is 11.4. The van der Waals surface area contributed by atoms with Crippen molar-refractivity contribution in [3.8, 4) is 0 Å². The van der Waals surface area contributed by atoms with Crippen molar-refractivity contribution in [1.82, 2.24) is 0 Å². The Bertz CT molecular complexity index is 1210. The number of rotatable bonds is 10. The fourth-order valence-electron chi connectivity index (χ4n) is 3.71. The van der Waals surface area contributed by atoms with E-state index in [1.54, 1.807) is 0 Å². The molecule has 0 saturated heterocycles. The first kappa shape index (κ1) is 26.5. The van der Waals surface area contributed by atoms with Crippen LogP contribution in [-0.2, 0) is 6.18 Å². The van der Waals surface area contributed by atoms with Gasteiger partial charge in [0.25, 0.3) is 11.6 Å². The van der Waals surface area contributed by atoms with Gasteiger partial charge < -0.3 is 15.5 Å². The van der Waals surface area contributed by atoms with Gasteiger partial charge >= 0.3 is 6.18 Å². The van der Waals surface area contributed by atoms with Gasteiger partial charge in [-0.05, 0) is 74.4 Å². The quantitative estimate of drug-likeness (QED) is 0.188. The summed E-state index contributed by atoms with van der Waals surface area (Å²) in [7, 11) is 0. The molecule has 0 bridgehead atoms. The second-order valence-corrected chi connectivity index (χ2v) is 8.22. The van der Waals surface area contributed by atoms with Crippen molar-refractivity contribution in [1.29, 1.82) is 0 Å². The minimum absolute atomic E-state index is 0.0174. The summed E-state index contributed by atoms with van der Waals surface area (Å²) in [5.41, 5.74) is 1.63. The SMILES string of the molecule is CCN(CCCNc1ccc(C(=O)Nc2ccc(C(F)(F)F)cc2)cc1[N+](=O)[O-])c1cccc(C)c1. The number of hydrogen-bond acceptors (Lipinski definition) is 5. The van der Waals surface area contributed by atoms with E-state index in [4.69, 9.17) is 0 Å². The van der Waals surface area contributed by atoms with Crippen LogP contribution in [0.3, 0.4) is 0 Å². The zero-order chi connectivity index (χ0) is 26.3. The van der Waals surface area contributed by atoms with Gasteiger partial charge in [0.05, 0.1) is 10.5 Å². The zero-order valence-electron chi connectivity index (χ0n) is 19.9. The third-order valence-electron chi connectivity index (χ3n) is 5.60. The zero-order valence-corrected chi connectivity index (χ0v) is 19.9. The van der Waals surface area contributed by atoms with Crippen LogP contribution >= 0.6 is 0 Å². The molecule has 0 aliphatic carbocycles. The number of benzene rings is 3. The van der Waals surface area contributed by atoms with E-state index in [0.717, 1.165) is 55.5 Å². The van der Waals surface area contributed by atoms with Gasteiger partial charge in [-0.25, -0.2) is 0 Å². The predicted molar refractivity (Wildman–Crippen MR) is 135 cm³/mol. The van der Waals surface area contributed by atoms with Crippen molar-refractivity contribution in [3.63, 3.8) is 0 Å². The molecule has 0 unspecified atom stereocenters. The second-order valence-electron chi connectivity index (χ2n) is 8.22. The number of nitrogens with zero attached hydrogens (tertiary/aromatic N) is 2. The van der Waals surface area contributed by atoms with Crippen LogP contribution in [0, 0.1) is 17.0 Å². The van der Waals surface area contributed by atoms with Crippen molar-refractivity contribution in [2.45, 2.75) is 26.4 Å². The molecule has 0 saturated carbocycles. The maximum Gasteiger partial charge on any atom is 0.416 e. The number of amides is 1. The summed E-state index contributed by atoms with van der Waals surface area (Å²) in [6.45, 7) is 6.17. The van der Waals surface area contributed by atoms with Crippen molar-refractivity contribution >= 4 is 28.7 Å². The highest BCUT2D eigenvalue weighted by molar-refractivity contribution is 6.05. The molecule has 3 rings (SSSR count). The highest BCUT2D eigenvalue weighted by Crippen LogP contribution is 2.30. The van der Waals surface area contributed by atoms with E-state index >= 15 is 0 Å². The van der Waals surface area contributed by atoms with Gasteiger partial charge in [0.2, 0.25) is 0 Å². The van der Waals surface area contributed by atoms with Gasteiger partial charge in [0, 0.05) is 42.6 Å². The molecular formula is C26H27F3N4O3. The van der Waals surface area contributed by atoms with Crippen LogP contribution in [0.1, 0.15) is 34.8 Å². The third-order valence-corrected chi connectivity index (χ3v) is 5.60. The van der Waals surface area contributed by atoms with Gasteiger partial charge in [-0.1, -0.05) is 12.1 Å². The average Bonchev–Trinajstić information content (AvgIpc) is 2.83. The first-order valence-electron chi connectivity index (χ1n) is 11.4. The number of anilines is 3. The normalized spacial score (nSPS) is 11.1. The number of carbonyl (C=O) groups excluding carboxylic acids is 1. The van der Waals surface area contributed by atoms with Crippen LogP contribution in [0.2, 0.25) is 0 Å². The number of nitro benzene ring substituents is 1. The molecule has 0 radical (unpaired) electrons. The highest BCUT2D eigenvalue weighted by Gasteiger charge is 2.30. The molecule has 3 aromatic carbocycles. The van der Waals surface area contributed by atoms with Gasteiger partial charge in [-0.2, -0.15) is 13.2 Å². The van der Waals surface area contributed by atoms with E-state index in [1.165, 1.54) is 17.7 Å². The molecule has 0 aromatic heterocycles. The Morgan fingerprint density at radius 1 is 1.06 bits per heavy atom. The number of hydrogen-bond donors (Lipinski definition) is 2. The van der Waals surface area contributed by atoms with Gasteiger partial charge in [-0.3, -0.25) is 14.9 Å². The molecular weight excluding hydrogens is 473 g/mol. The Balaban J connectivity index is 1.62. The fourth-order valence-corrected chi connectivity index (χ4v) is 3.71. The molecule has 0 fully saturated rings. The van der Waals surface area contributed by atoms with Crippen LogP contribution in [-0.4, -0.2) is 30.5 Å². The largest absolute Gasteiger partial charge is 0.416 e. The van der Waals surface area contributed by atoms with Crippen LogP contribution in [0.4, 0.5) is 35.9 Å². The Morgan fingerprint density at radius 2 is 1.78 bits per heavy atom. The Labute approximate surface area is 207 Å². The van der Waals surface area contributed by atoms with Gasteiger partial charge in [0.1, 0.15) is 5.69 Å². The summed E-state index contributed by atoms with van der Waals surface area (Å²) in [4.78, 5) is 25.8. The molecule has 190 valence electrons. The van der Waals surface area contributed by atoms with E-state index < -0.39 is 22.6 Å². The summed E-state index contributed by atoms with van der Waals surface area (Å²) in [5.74, 6) is -0.666. The third kappa shape index (κ3) is 6.97. The lowest BCUT2D eigenvalue weighted by atomic mass is 10.1. The average molecular weight is 501 g/mol. The van der Waals surface area contributed by atoms with Crippen molar-refractivity contribution in [3.05, 3.63) is 93.5 Å². The van der Waals surface area contributed by atoms with Crippen molar-refractivity contribution < 1.29 is 22.9 Å².